The van der Waals surface area contributed by atoms with E-state index in [-0.39, 0.29) is 18.4 Å². The molecule has 1 aromatic carbocycles. The Morgan fingerprint density at radius 2 is 1.72 bits per heavy atom. The zero-order valence-electron chi connectivity index (χ0n) is 20.6. The molecule has 0 aliphatic heterocycles. The number of nitrogens with zero attached hydrogens (tertiary/aromatic N) is 5. The second kappa shape index (κ2) is 12.3. The molecule has 0 saturated heterocycles. The lowest BCUT2D eigenvalue weighted by Crippen LogP contribution is -2.33. The first-order valence-electron chi connectivity index (χ1n) is 11.0. The third kappa shape index (κ3) is 6.03. The van der Waals surface area contributed by atoms with Crippen LogP contribution >= 0.6 is 11.6 Å². The molecule has 3 aromatic rings. The number of halogens is 1. The number of hydrogen-bond donors (Lipinski definition) is 1. The molecule has 0 amide bonds. The molecule has 14 heteroatoms. The van der Waals surface area contributed by atoms with Crippen LogP contribution in [0.1, 0.15) is 38.0 Å². The summed E-state index contributed by atoms with van der Waals surface area (Å²) in [6.07, 6.45) is 2.56. The van der Waals surface area contributed by atoms with Crippen LogP contribution in [0.25, 0.3) is 5.69 Å². The molecular formula is C22H29ClN6O6S. The van der Waals surface area contributed by atoms with Gasteiger partial charge in [0.1, 0.15) is 35.1 Å². The van der Waals surface area contributed by atoms with Crippen molar-refractivity contribution in [1.29, 1.82) is 0 Å². The van der Waals surface area contributed by atoms with Gasteiger partial charge in [-0.05, 0) is 25.5 Å². The SMILES string of the molecule is CCCOCc1nnc(NS(=O)(=O)[C@@H](C)[C@H](OC)c2ncc(Cl)cn2)n1-c1c(OC)cccc1OC. The van der Waals surface area contributed by atoms with Gasteiger partial charge in [-0.25, -0.2) is 18.4 Å². The summed E-state index contributed by atoms with van der Waals surface area (Å²) in [7, 11) is 0.271. The molecule has 0 saturated carbocycles. The fourth-order valence-corrected chi connectivity index (χ4v) is 4.66. The van der Waals surface area contributed by atoms with E-state index in [0.717, 1.165) is 6.42 Å². The number of nitrogens with one attached hydrogen (secondary N) is 1. The van der Waals surface area contributed by atoms with Crippen molar-refractivity contribution in [1.82, 2.24) is 24.7 Å². The monoisotopic (exact) mass is 540 g/mol. The minimum absolute atomic E-state index is 0.0772. The highest BCUT2D eigenvalue weighted by Crippen LogP contribution is 2.36. The Labute approximate surface area is 215 Å². The van der Waals surface area contributed by atoms with E-state index in [2.05, 4.69) is 24.9 Å². The Balaban J connectivity index is 2.05. The summed E-state index contributed by atoms with van der Waals surface area (Å²) in [5.74, 6) is 1.28. The maximum atomic E-state index is 13.5. The van der Waals surface area contributed by atoms with Crippen LogP contribution in [-0.2, 0) is 26.1 Å². The lowest BCUT2D eigenvalue weighted by atomic mass is 10.2. The van der Waals surface area contributed by atoms with Gasteiger partial charge in [0.15, 0.2) is 11.6 Å². The molecule has 0 spiro atoms. The molecule has 2 heterocycles. The molecule has 0 fully saturated rings. The standard InChI is InChI=1S/C22H29ClN6O6S/c1-6-10-35-13-18-26-27-22(29(18)19-16(32-3)8-7-9-17(19)33-4)28-36(30,31)14(2)20(34-5)21-24-11-15(23)12-25-21/h7-9,11-12,14,20H,6,10,13H2,1-5H3,(H,27,28)/t14-,20-/m0/s1. The summed E-state index contributed by atoms with van der Waals surface area (Å²) in [6.45, 7) is 4.03. The topological polar surface area (TPSA) is 140 Å². The van der Waals surface area contributed by atoms with Gasteiger partial charge in [0, 0.05) is 26.1 Å². The molecule has 12 nitrogen and oxygen atoms in total. The lowest BCUT2D eigenvalue weighted by Gasteiger charge is -2.22. The molecule has 1 N–H and O–H groups in total. The molecule has 0 bridgehead atoms. The highest BCUT2D eigenvalue weighted by Gasteiger charge is 2.35. The van der Waals surface area contributed by atoms with Gasteiger partial charge >= 0.3 is 0 Å². The smallest absolute Gasteiger partial charge is 0.243 e. The van der Waals surface area contributed by atoms with Crippen molar-refractivity contribution in [2.45, 2.75) is 38.2 Å². The largest absolute Gasteiger partial charge is 0.494 e. The molecule has 0 aliphatic rings. The predicted molar refractivity (Wildman–Crippen MR) is 133 cm³/mol. The Morgan fingerprint density at radius 1 is 1.08 bits per heavy atom. The van der Waals surface area contributed by atoms with Crippen LogP contribution in [0.4, 0.5) is 5.95 Å². The third-order valence-electron chi connectivity index (χ3n) is 5.23. The number of para-hydroxylation sites is 1. The van der Waals surface area contributed by atoms with Gasteiger partial charge in [0.25, 0.3) is 0 Å². The molecule has 0 unspecified atom stereocenters. The van der Waals surface area contributed by atoms with Crippen molar-refractivity contribution in [3.05, 3.63) is 47.3 Å². The van der Waals surface area contributed by atoms with Gasteiger partial charge in [0.2, 0.25) is 16.0 Å². The van der Waals surface area contributed by atoms with Crippen molar-refractivity contribution in [2.24, 2.45) is 0 Å². The lowest BCUT2D eigenvalue weighted by molar-refractivity contribution is 0.0950. The molecule has 0 aliphatic carbocycles. The number of sulfonamides is 1. The predicted octanol–water partition coefficient (Wildman–Crippen LogP) is 3.17. The fraction of sp³-hybridized carbons (Fsp3) is 0.455. The van der Waals surface area contributed by atoms with E-state index in [0.29, 0.717) is 34.6 Å². The van der Waals surface area contributed by atoms with Crippen molar-refractivity contribution in [3.63, 3.8) is 0 Å². The van der Waals surface area contributed by atoms with Gasteiger partial charge in [-0.1, -0.05) is 24.6 Å². The molecular weight excluding hydrogens is 512 g/mol. The van der Waals surface area contributed by atoms with E-state index >= 15 is 0 Å². The van der Waals surface area contributed by atoms with E-state index in [1.807, 2.05) is 6.92 Å². The Morgan fingerprint density at radius 3 is 2.28 bits per heavy atom. The van der Waals surface area contributed by atoms with E-state index in [1.165, 1.54) is 45.2 Å². The van der Waals surface area contributed by atoms with Gasteiger partial charge in [-0.3, -0.25) is 9.29 Å². The number of aromatic nitrogens is 5. The van der Waals surface area contributed by atoms with Crippen LogP contribution in [-0.4, -0.2) is 66.3 Å². The molecule has 36 heavy (non-hydrogen) atoms. The van der Waals surface area contributed by atoms with Crippen molar-refractivity contribution in [2.75, 3.05) is 32.7 Å². The number of benzene rings is 1. The van der Waals surface area contributed by atoms with Crippen LogP contribution in [0.5, 0.6) is 11.5 Å². The van der Waals surface area contributed by atoms with Crippen LogP contribution < -0.4 is 14.2 Å². The van der Waals surface area contributed by atoms with Gasteiger partial charge in [0.05, 0.1) is 19.2 Å². The zero-order valence-corrected chi connectivity index (χ0v) is 22.2. The maximum absolute atomic E-state index is 13.5. The molecule has 196 valence electrons. The van der Waals surface area contributed by atoms with E-state index < -0.39 is 21.4 Å². The number of hydrogen-bond acceptors (Lipinski definition) is 10. The summed E-state index contributed by atoms with van der Waals surface area (Å²) in [6, 6.07) is 5.18. The first-order chi connectivity index (χ1) is 17.3. The Kier molecular flexibility index (Phi) is 9.43. The van der Waals surface area contributed by atoms with Crippen molar-refractivity contribution in [3.8, 4) is 17.2 Å². The zero-order chi connectivity index (χ0) is 26.3. The summed E-state index contributed by atoms with van der Waals surface area (Å²) < 4.78 is 53.1. The molecule has 0 radical (unpaired) electrons. The summed E-state index contributed by atoms with van der Waals surface area (Å²) in [5, 5.41) is 7.47. The van der Waals surface area contributed by atoms with Gasteiger partial charge in [-0.2, -0.15) is 0 Å². The van der Waals surface area contributed by atoms with E-state index in [9.17, 15) is 8.42 Å². The Hall–Kier alpha value is -3.00. The fourth-order valence-electron chi connectivity index (χ4n) is 3.43. The van der Waals surface area contributed by atoms with Crippen LogP contribution in [0, 0.1) is 0 Å². The first-order valence-corrected chi connectivity index (χ1v) is 12.9. The summed E-state index contributed by atoms with van der Waals surface area (Å²) in [5.41, 5.74) is 0.414. The quantitative estimate of drug-likeness (QED) is 0.321. The normalized spacial score (nSPS) is 13.3. The summed E-state index contributed by atoms with van der Waals surface area (Å²) >= 11 is 5.86. The second-order valence-electron chi connectivity index (χ2n) is 7.61. The van der Waals surface area contributed by atoms with Crippen LogP contribution in [0.3, 0.4) is 0 Å². The minimum atomic E-state index is -4.10. The number of ether oxygens (including phenoxy) is 4. The van der Waals surface area contributed by atoms with Crippen LogP contribution in [0.2, 0.25) is 5.02 Å². The van der Waals surface area contributed by atoms with E-state index in [1.54, 1.807) is 18.2 Å². The minimum Gasteiger partial charge on any atom is -0.494 e. The average Bonchev–Trinajstić information content (AvgIpc) is 3.25. The number of methoxy groups -OCH3 is 3. The van der Waals surface area contributed by atoms with E-state index in [4.69, 9.17) is 30.5 Å². The maximum Gasteiger partial charge on any atom is 0.243 e. The van der Waals surface area contributed by atoms with Crippen molar-refractivity contribution < 1.29 is 27.4 Å². The highest BCUT2D eigenvalue weighted by atomic mass is 35.5. The van der Waals surface area contributed by atoms with Crippen molar-refractivity contribution >= 4 is 27.6 Å². The highest BCUT2D eigenvalue weighted by molar-refractivity contribution is 7.93. The molecule has 3 rings (SSSR count). The Bertz CT molecular complexity index is 1230. The number of rotatable bonds is 13. The van der Waals surface area contributed by atoms with Gasteiger partial charge in [-0.15, -0.1) is 10.2 Å². The van der Waals surface area contributed by atoms with Crippen LogP contribution in [0.15, 0.2) is 30.6 Å². The molecule has 2 aromatic heterocycles. The third-order valence-corrected chi connectivity index (χ3v) is 7.12. The molecule has 2 atom stereocenters. The van der Waals surface area contributed by atoms with Gasteiger partial charge < -0.3 is 18.9 Å². The number of anilines is 1. The first kappa shape index (κ1) is 27.6. The average molecular weight is 541 g/mol. The second-order valence-corrected chi connectivity index (χ2v) is 10.1. The summed E-state index contributed by atoms with van der Waals surface area (Å²) in [4.78, 5) is 8.21.